The molecule has 1 aromatic rings. The van der Waals surface area contributed by atoms with Crippen molar-refractivity contribution in [2.45, 2.75) is 25.2 Å². The second kappa shape index (κ2) is 4.35. The summed E-state index contributed by atoms with van der Waals surface area (Å²) in [4.78, 5) is 24.2. The smallest absolute Gasteiger partial charge is 0.269 e. The van der Waals surface area contributed by atoms with E-state index in [0.717, 1.165) is 0 Å². The van der Waals surface area contributed by atoms with Crippen LogP contribution in [-0.4, -0.2) is 17.9 Å². The normalized spacial score (nSPS) is 21.1. The van der Waals surface area contributed by atoms with Crippen LogP contribution in [0.5, 0.6) is 0 Å². The Labute approximate surface area is 110 Å². The van der Waals surface area contributed by atoms with Crippen molar-refractivity contribution in [3.05, 3.63) is 33.9 Å². The van der Waals surface area contributed by atoms with Crippen molar-refractivity contribution in [2.24, 2.45) is 0 Å². The minimum absolute atomic E-state index is 0.0370. The number of amides is 1. The Bertz CT molecular complexity index is 606. The number of fused-ring (bicyclic) bond motifs is 1. The van der Waals surface area contributed by atoms with E-state index in [1.54, 1.807) is 20.0 Å². The Morgan fingerprint density at radius 3 is 2.79 bits per heavy atom. The van der Waals surface area contributed by atoms with Crippen LogP contribution in [0.4, 0.5) is 11.4 Å². The summed E-state index contributed by atoms with van der Waals surface area (Å²) >= 11 is 0. The highest BCUT2D eigenvalue weighted by Gasteiger charge is 2.46. The topological polar surface area (TPSA) is 87.2 Å². The summed E-state index contributed by atoms with van der Waals surface area (Å²) < 4.78 is 0. The zero-order valence-electron chi connectivity index (χ0n) is 10.7. The molecule has 1 heterocycles. The van der Waals surface area contributed by atoms with Gasteiger partial charge in [0.1, 0.15) is 0 Å². The third-order valence-electron chi connectivity index (χ3n) is 3.66. The molecule has 6 heteroatoms. The fraction of sp³-hybridized carbons (Fsp3) is 0.385. The molecule has 1 unspecified atom stereocenters. The van der Waals surface area contributed by atoms with Crippen LogP contribution in [0.1, 0.15) is 25.3 Å². The standard InChI is InChI=1S/C13H13N3O3/c1-13(6-3-7-14)10-8-9(16(18)19)4-5-11(10)15(2)12(13)17/h4-5,8H,3,6H2,1-2H3. The van der Waals surface area contributed by atoms with E-state index in [2.05, 4.69) is 0 Å². The Balaban J connectivity index is 2.56. The number of hydrogen-bond donors (Lipinski definition) is 0. The third kappa shape index (κ3) is 1.83. The van der Waals surface area contributed by atoms with Gasteiger partial charge in [-0.2, -0.15) is 5.26 Å². The molecule has 98 valence electrons. The van der Waals surface area contributed by atoms with Gasteiger partial charge in [-0.25, -0.2) is 0 Å². The van der Waals surface area contributed by atoms with Crippen molar-refractivity contribution in [1.82, 2.24) is 0 Å². The SMILES string of the molecule is CN1C(=O)C(C)(CCC#N)c2cc([N+](=O)[O-])ccc21. The van der Waals surface area contributed by atoms with Crippen molar-refractivity contribution in [2.75, 3.05) is 11.9 Å². The van der Waals surface area contributed by atoms with E-state index < -0.39 is 10.3 Å². The minimum atomic E-state index is -0.855. The molecule has 0 aliphatic carbocycles. The number of non-ortho nitro benzene ring substituents is 1. The lowest BCUT2D eigenvalue weighted by Gasteiger charge is -2.21. The molecule has 19 heavy (non-hydrogen) atoms. The first-order valence-electron chi connectivity index (χ1n) is 5.86. The fourth-order valence-electron chi connectivity index (χ4n) is 2.51. The zero-order valence-corrected chi connectivity index (χ0v) is 10.7. The van der Waals surface area contributed by atoms with Gasteiger partial charge in [0, 0.05) is 31.3 Å². The maximum atomic E-state index is 12.3. The zero-order chi connectivity index (χ0) is 14.2. The molecular formula is C13H13N3O3. The third-order valence-corrected chi connectivity index (χ3v) is 3.66. The van der Waals surface area contributed by atoms with E-state index in [1.165, 1.54) is 17.0 Å². The van der Waals surface area contributed by atoms with Gasteiger partial charge >= 0.3 is 0 Å². The molecule has 0 radical (unpaired) electrons. The molecular weight excluding hydrogens is 246 g/mol. The second-order valence-corrected chi connectivity index (χ2v) is 4.81. The average Bonchev–Trinajstić information content (AvgIpc) is 2.59. The van der Waals surface area contributed by atoms with Crippen molar-refractivity contribution in [1.29, 1.82) is 5.26 Å². The predicted molar refractivity (Wildman–Crippen MR) is 68.7 cm³/mol. The lowest BCUT2D eigenvalue weighted by atomic mass is 9.79. The molecule has 0 saturated carbocycles. The number of hydrogen-bond acceptors (Lipinski definition) is 4. The summed E-state index contributed by atoms with van der Waals surface area (Å²) in [6, 6.07) is 6.43. The highest BCUT2D eigenvalue weighted by atomic mass is 16.6. The largest absolute Gasteiger partial charge is 0.314 e. The summed E-state index contributed by atoms with van der Waals surface area (Å²) in [7, 11) is 1.64. The molecule has 1 aliphatic heterocycles. The summed E-state index contributed by atoms with van der Waals surface area (Å²) in [6.45, 7) is 1.73. The highest BCUT2D eigenvalue weighted by molar-refractivity contribution is 6.07. The summed E-state index contributed by atoms with van der Waals surface area (Å²) in [5.41, 5.74) is 0.414. The Morgan fingerprint density at radius 2 is 2.21 bits per heavy atom. The fourth-order valence-corrected chi connectivity index (χ4v) is 2.51. The number of nitro groups is 1. The number of nitro benzene ring substituents is 1. The maximum Gasteiger partial charge on any atom is 0.269 e. The van der Waals surface area contributed by atoms with Crippen molar-refractivity contribution < 1.29 is 9.72 Å². The van der Waals surface area contributed by atoms with Crippen LogP contribution >= 0.6 is 0 Å². The first-order valence-corrected chi connectivity index (χ1v) is 5.86. The van der Waals surface area contributed by atoms with Crippen LogP contribution in [-0.2, 0) is 10.2 Å². The number of likely N-dealkylation sites (N-methyl/N-ethyl adjacent to an activating group) is 1. The maximum absolute atomic E-state index is 12.3. The first-order chi connectivity index (χ1) is 8.91. The van der Waals surface area contributed by atoms with Crippen LogP contribution in [0.2, 0.25) is 0 Å². The van der Waals surface area contributed by atoms with Gasteiger partial charge in [-0.3, -0.25) is 14.9 Å². The highest BCUT2D eigenvalue weighted by Crippen LogP contribution is 2.45. The van der Waals surface area contributed by atoms with Crippen molar-refractivity contribution >= 4 is 17.3 Å². The molecule has 0 fully saturated rings. The number of rotatable bonds is 3. The van der Waals surface area contributed by atoms with E-state index in [4.69, 9.17) is 5.26 Å². The van der Waals surface area contributed by atoms with Gasteiger partial charge in [0.2, 0.25) is 5.91 Å². The molecule has 0 bridgehead atoms. The van der Waals surface area contributed by atoms with E-state index in [-0.39, 0.29) is 18.0 Å². The van der Waals surface area contributed by atoms with Gasteiger partial charge in [-0.1, -0.05) is 0 Å². The summed E-state index contributed by atoms with van der Waals surface area (Å²) in [5.74, 6) is -0.127. The van der Waals surface area contributed by atoms with Crippen LogP contribution in [0, 0.1) is 21.4 Å². The lowest BCUT2D eigenvalue weighted by Crippen LogP contribution is -2.36. The van der Waals surface area contributed by atoms with Crippen LogP contribution < -0.4 is 4.90 Å². The molecule has 6 nitrogen and oxygen atoms in total. The van der Waals surface area contributed by atoms with Gasteiger partial charge in [0.25, 0.3) is 5.69 Å². The molecule has 1 aromatic carbocycles. The van der Waals surface area contributed by atoms with Crippen LogP contribution in [0.15, 0.2) is 18.2 Å². The minimum Gasteiger partial charge on any atom is -0.314 e. The van der Waals surface area contributed by atoms with E-state index in [1.807, 2.05) is 6.07 Å². The quantitative estimate of drug-likeness (QED) is 0.614. The Hall–Kier alpha value is -2.42. The molecule has 1 amide bonds. The number of anilines is 1. The van der Waals surface area contributed by atoms with Gasteiger partial charge in [0.15, 0.2) is 0 Å². The first kappa shape index (κ1) is 13.0. The number of carbonyl (C=O) groups excluding carboxylic acids is 1. The number of nitrogens with zero attached hydrogens (tertiary/aromatic N) is 3. The van der Waals surface area contributed by atoms with E-state index >= 15 is 0 Å². The average molecular weight is 259 g/mol. The summed E-state index contributed by atoms with van der Waals surface area (Å²) in [5, 5.41) is 19.5. The second-order valence-electron chi connectivity index (χ2n) is 4.81. The molecule has 2 rings (SSSR count). The predicted octanol–water partition coefficient (Wildman–Crippen LogP) is 2.13. The van der Waals surface area contributed by atoms with Crippen LogP contribution in [0.25, 0.3) is 0 Å². The van der Waals surface area contributed by atoms with E-state index in [9.17, 15) is 14.9 Å². The van der Waals surface area contributed by atoms with E-state index in [0.29, 0.717) is 17.7 Å². The summed E-state index contributed by atoms with van der Waals surface area (Å²) in [6.07, 6.45) is 0.596. The molecule has 1 atom stereocenters. The lowest BCUT2D eigenvalue weighted by molar-refractivity contribution is -0.384. The molecule has 0 N–H and O–H groups in total. The number of carbonyl (C=O) groups is 1. The van der Waals surface area contributed by atoms with Gasteiger partial charge in [-0.05, 0) is 25.0 Å². The molecule has 1 aliphatic rings. The van der Waals surface area contributed by atoms with Crippen molar-refractivity contribution in [3.63, 3.8) is 0 Å². The molecule has 0 spiro atoms. The van der Waals surface area contributed by atoms with Gasteiger partial charge in [-0.15, -0.1) is 0 Å². The molecule has 0 saturated heterocycles. The van der Waals surface area contributed by atoms with Crippen LogP contribution in [0.3, 0.4) is 0 Å². The van der Waals surface area contributed by atoms with Gasteiger partial charge < -0.3 is 4.90 Å². The van der Waals surface area contributed by atoms with Crippen molar-refractivity contribution in [3.8, 4) is 6.07 Å². The number of nitriles is 1. The Morgan fingerprint density at radius 1 is 1.53 bits per heavy atom. The number of benzene rings is 1. The Kier molecular flexibility index (Phi) is 2.98. The monoisotopic (exact) mass is 259 g/mol. The van der Waals surface area contributed by atoms with Gasteiger partial charge in [0.05, 0.1) is 16.4 Å². The molecule has 0 aromatic heterocycles.